The monoisotopic (exact) mass is 366 g/mol. The second kappa shape index (κ2) is 7.59. The van der Waals surface area contributed by atoms with Crippen molar-refractivity contribution >= 4 is 11.7 Å². The van der Waals surface area contributed by atoms with Crippen molar-refractivity contribution in [1.82, 2.24) is 14.9 Å². The standard InChI is InChI=1S/C17H17F3N4O2/c18-17(19,20)14-10-15(22-12-21-14)23-6-8-24(9-7-23)16(25)11-26-13-4-2-1-3-5-13/h1-5,10,12H,6-9,11H2. The Labute approximate surface area is 148 Å². The number of piperazine rings is 1. The van der Waals surface area contributed by atoms with Crippen molar-refractivity contribution in [2.45, 2.75) is 6.18 Å². The molecule has 1 saturated heterocycles. The van der Waals surface area contributed by atoms with Crippen LogP contribution in [0.4, 0.5) is 19.0 Å². The first-order valence-electron chi connectivity index (χ1n) is 8.03. The van der Waals surface area contributed by atoms with Crippen molar-refractivity contribution < 1.29 is 22.7 Å². The van der Waals surface area contributed by atoms with Gasteiger partial charge in [0.25, 0.3) is 5.91 Å². The molecule has 0 bridgehead atoms. The summed E-state index contributed by atoms with van der Waals surface area (Å²) in [5.74, 6) is 0.660. The zero-order valence-corrected chi connectivity index (χ0v) is 13.8. The van der Waals surface area contributed by atoms with Gasteiger partial charge in [0.2, 0.25) is 0 Å². The summed E-state index contributed by atoms with van der Waals surface area (Å²) in [7, 11) is 0. The van der Waals surface area contributed by atoms with Crippen molar-refractivity contribution in [1.29, 1.82) is 0 Å². The highest BCUT2D eigenvalue weighted by molar-refractivity contribution is 5.78. The van der Waals surface area contributed by atoms with Crippen LogP contribution in [-0.2, 0) is 11.0 Å². The van der Waals surface area contributed by atoms with E-state index in [4.69, 9.17) is 4.74 Å². The number of nitrogens with zero attached hydrogens (tertiary/aromatic N) is 4. The van der Waals surface area contributed by atoms with E-state index >= 15 is 0 Å². The van der Waals surface area contributed by atoms with Gasteiger partial charge in [-0.15, -0.1) is 0 Å². The van der Waals surface area contributed by atoms with E-state index in [-0.39, 0.29) is 18.3 Å². The number of benzene rings is 1. The average molecular weight is 366 g/mol. The molecule has 0 atom stereocenters. The Morgan fingerprint density at radius 2 is 1.77 bits per heavy atom. The lowest BCUT2D eigenvalue weighted by Crippen LogP contribution is -2.50. The Morgan fingerprint density at radius 3 is 2.42 bits per heavy atom. The van der Waals surface area contributed by atoms with Gasteiger partial charge in [0, 0.05) is 32.2 Å². The van der Waals surface area contributed by atoms with Crippen molar-refractivity contribution in [3.63, 3.8) is 0 Å². The molecule has 3 rings (SSSR count). The summed E-state index contributed by atoms with van der Waals surface area (Å²) >= 11 is 0. The Balaban J connectivity index is 1.53. The minimum absolute atomic E-state index is 0.0737. The maximum absolute atomic E-state index is 12.8. The molecule has 0 spiro atoms. The van der Waals surface area contributed by atoms with Crippen LogP contribution in [0, 0.1) is 0 Å². The van der Waals surface area contributed by atoms with Gasteiger partial charge in [-0.25, -0.2) is 9.97 Å². The number of hydrogen-bond donors (Lipinski definition) is 0. The molecule has 1 aromatic carbocycles. The second-order valence-electron chi connectivity index (χ2n) is 5.73. The highest BCUT2D eigenvalue weighted by atomic mass is 19.4. The Bertz CT molecular complexity index is 747. The van der Waals surface area contributed by atoms with Crippen LogP contribution < -0.4 is 9.64 Å². The molecule has 1 aliphatic heterocycles. The number of anilines is 1. The molecule has 9 heteroatoms. The van der Waals surface area contributed by atoms with Gasteiger partial charge in [0.15, 0.2) is 6.61 Å². The van der Waals surface area contributed by atoms with E-state index in [0.29, 0.717) is 31.9 Å². The van der Waals surface area contributed by atoms with Crippen LogP contribution in [0.15, 0.2) is 42.7 Å². The van der Waals surface area contributed by atoms with E-state index in [0.717, 1.165) is 12.4 Å². The molecule has 0 unspecified atom stereocenters. The van der Waals surface area contributed by atoms with Gasteiger partial charge in [-0.05, 0) is 12.1 Å². The second-order valence-corrected chi connectivity index (χ2v) is 5.73. The molecule has 2 heterocycles. The maximum atomic E-state index is 12.8. The minimum atomic E-state index is -4.51. The summed E-state index contributed by atoms with van der Waals surface area (Å²) in [6.07, 6.45) is -3.60. The molecule has 1 amide bonds. The van der Waals surface area contributed by atoms with E-state index in [1.54, 1.807) is 21.9 Å². The molecular weight excluding hydrogens is 349 g/mol. The highest BCUT2D eigenvalue weighted by Gasteiger charge is 2.33. The van der Waals surface area contributed by atoms with Crippen molar-refractivity contribution in [3.8, 4) is 5.75 Å². The van der Waals surface area contributed by atoms with Crippen LogP contribution in [0.2, 0.25) is 0 Å². The van der Waals surface area contributed by atoms with E-state index in [1.807, 2.05) is 18.2 Å². The molecule has 0 aliphatic carbocycles. The van der Waals surface area contributed by atoms with Gasteiger partial charge in [0.05, 0.1) is 0 Å². The third-order valence-electron chi connectivity index (χ3n) is 4.00. The average Bonchev–Trinajstić information content (AvgIpc) is 2.66. The number of alkyl halides is 3. The molecule has 1 aliphatic rings. The summed E-state index contributed by atoms with van der Waals surface area (Å²) in [5.41, 5.74) is -0.975. The lowest BCUT2D eigenvalue weighted by molar-refractivity contribution is -0.141. The number of rotatable bonds is 4. The van der Waals surface area contributed by atoms with Gasteiger partial charge >= 0.3 is 6.18 Å². The largest absolute Gasteiger partial charge is 0.484 e. The highest BCUT2D eigenvalue weighted by Crippen LogP contribution is 2.29. The first-order valence-corrected chi connectivity index (χ1v) is 8.03. The third-order valence-corrected chi connectivity index (χ3v) is 4.00. The molecule has 0 saturated carbocycles. The zero-order chi connectivity index (χ0) is 18.6. The summed E-state index contributed by atoms with van der Waals surface area (Å²) < 4.78 is 43.7. The van der Waals surface area contributed by atoms with Crippen molar-refractivity contribution in [2.24, 2.45) is 0 Å². The summed E-state index contributed by atoms with van der Waals surface area (Å²) in [4.78, 5) is 22.7. The van der Waals surface area contributed by atoms with Crippen LogP contribution in [-0.4, -0.2) is 53.6 Å². The molecule has 138 valence electrons. The summed E-state index contributed by atoms with van der Waals surface area (Å²) in [6, 6.07) is 9.93. The molecule has 2 aromatic rings. The van der Waals surface area contributed by atoms with Gasteiger partial charge in [-0.3, -0.25) is 4.79 Å². The number of para-hydroxylation sites is 1. The van der Waals surface area contributed by atoms with E-state index < -0.39 is 11.9 Å². The lowest BCUT2D eigenvalue weighted by Gasteiger charge is -2.35. The molecule has 0 N–H and O–H groups in total. The lowest BCUT2D eigenvalue weighted by atomic mass is 10.3. The first kappa shape index (κ1) is 18.0. The smallest absolute Gasteiger partial charge is 0.433 e. The van der Waals surface area contributed by atoms with Crippen molar-refractivity contribution in [2.75, 3.05) is 37.7 Å². The molecule has 6 nitrogen and oxygen atoms in total. The molecule has 26 heavy (non-hydrogen) atoms. The minimum Gasteiger partial charge on any atom is -0.484 e. The normalized spacial score (nSPS) is 15.0. The summed E-state index contributed by atoms with van der Waals surface area (Å²) in [6.45, 7) is 1.50. The van der Waals surface area contributed by atoms with Gasteiger partial charge in [-0.2, -0.15) is 13.2 Å². The van der Waals surface area contributed by atoms with E-state index in [9.17, 15) is 18.0 Å². The van der Waals surface area contributed by atoms with Crippen LogP contribution >= 0.6 is 0 Å². The molecular formula is C17H17F3N4O2. The topological polar surface area (TPSA) is 58.6 Å². The summed E-state index contributed by atoms with van der Waals surface area (Å²) in [5, 5.41) is 0. The quantitative estimate of drug-likeness (QED) is 0.831. The fourth-order valence-electron chi connectivity index (χ4n) is 2.61. The number of amides is 1. The molecule has 0 radical (unpaired) electrons. The Hall–Kier alpha value is -2.84. The Morgan fingerprint density at radius 1 is 1.08 bits per heavy atom. The number of carbonyl (C=O) groups excluding carboxylic acids is 1. The SMILES string of the molecule is O=C(COc1ccccc1)N1CCN(c2cc(C(F)(F)F)ncn2)CC1. The number of carbonyl (C=O) groups is 1. The van der Waals surface area contributed by atoms with Crippen LogP contribution in [0.5, 0.6) is 5.75 Å². The maximum Gasteiger partial charge on any atom is 0.433 e. The van der Waals surface area contributed by atoms with Crippen LogP contribution in [0.3, 0.4) is 0 Å². The zero-order valence-electron chi connectivity index (χ0n) is 13.8. The Kier molecular flexibility index (Phi) is 5.24. The number of ether oxygens (including phenoxy) is 1. The van der Waals surface area contributed by atoms with Gasteiger partial charge < -0.3 is 14.5 Å². The van der Waals surface area contributed by atoms with E-state index in [1.165, 1.54) is 0 Å². The van der Waals surface area contributed by atoms with Crippen LogP contribution in [0.1, 0.15) is 5.69 Å². The number of aromatic nitrogens is 2. The number of hydrogen-bond acceptors (Lipinski definition) is 5. The first-order chi connectivity index (χ1) is 12.4. The molecule has 1 fully saturated rings. The van der Waals surface area contributed by atoms with E-state index in [2.05, 4.69) is 9.97 Å². The number of halogens is 3. The fourth-order valence-corrected chi connectivity index (χ4v) is 2.61. The van der Waals surface area contributed by atoms with Crippen LogP contribution in [0.25, 0.3) is 0 Å². The predicted molar refractivity (Wildman–Crippen MR) is 87.8 cm³/mol. The molecule has 1 aromatic heterocycles. The van der Waals surface area contributed by atoms with Crippen molar-refractivity contribution in [3.05, 3.63) is 48.4 Å². The van der Waals surface area contributed by atoms with Gasteiger partial charge in [-0.1, -0.05) is 18.2 Å². The third kappa shape index (κ3) is 4.41. The van der Waals surface area contributed by atoms with Gasteiger partial charge in [0.1, 0.15) is 23.6 Å². The fraction of sp³-hybridized carbons (Fsp3) is 0.353. The predicted octanol–water partition coefficient (Wildman–Crippen LogP) is 2.22.